The second-order valence-corrected chi connectivity index (χ2v) is 9.90. The Kier molecular flexibility index (Phi) is 5.46. The van der Waals surface area contributed by atoms with Crippen molar-refractivity contribution in [1.82, 2.24) is 4.90 Å². The fourth-order valence-electron chi connectivity index (χ4n) is 5.38. The Labute approximate surface area is 177 Å². The van der Waals surface area contributed by atoms with Crippen LogP contribution in [0.25, 0.3) is 5.70 Å². The van der Waals surface area contributed by atoms with Crippen molar-refractivity contribution < 1.29 is 0 Å². The molecule has 4 rings (SSSR count). The summed E-state index contributed by atoms with van der Waals surface area (Å²) in [5.41, 5.74) is 6.98. The quantitative estimate of drug-likeness (QED) is 0.548. The van der Waals surface area contributed by atoms with Gasteiger partial charge in [-0.05, 0) is 43.9 Å². The number of hydrogen-bond acceptors (Lipinski definition) is 2. The highest BCUT2D eigenvalue weighted by Gasteiger charge is 2.46. The summed E-state index contributed by atoms with van der Waals surface area (Å²) in [6, 6.07) is 20.5. The van der Waals surface area contributed by atoms with Gasteiger partial charge in [-0.1, -0.05) is 88.6 Å². The first-order chi connectivity index (χ1) is 13.9. The normalized spacial score (nSPS) is 21.2. The average Bonchev–Trinajstić information content (AvgIpc) is 3.03. The maximum absolute atomic E-state index is 2.80. The smallest absolute Gasteiger partial charge is 0.111 e. The van der Waals surface area contributed by atoms with E-state index in [4.69, 9.17) is 0 Å². The first-order valence-corrected chi connectivity index (χ1v) is 11.3. The molecule has 0 N–H and O–H groups in total. The number of para-hydroxylation sites is 1. The number of benzene rings is 2. The number of anilines is 1. The molecular formula is C27H36N2. The second-order valence-electron chi connectivity index (χ2n) is 9.90. The lowest BCUT2D eigenvalue weighted by Crippen LogP contribution is -2.53. The van der Waals surface area contributed by atoms with Crippen LogP contribution in [0.1, 0.15) is 70.9 Å². The zero-order chi connectivity index (χ0) is 20.6. The van der Waals surface area contributed by atoms with Crippen LogP contribution < -0.4 is 4.90 Å². The number of allylic oxidation sites excluding steroid dienone is 1. The van der Waals surface area contributed by atoms with Crippen LogP contribution in [0.15, 0.2) is 60.3 Å². The summed E-state index contributed by atoms with van der Waals surface area (Å²) < 4.78 is 0. The Morgan fingerprint density at radius 2 is 1.41 bits per heavy atom. The first kappa shape index (κ1) is 20.1. The molecule has 0 radical (unpaired) electrons. The third-order valence-corrected chi connectivity index (χ3v) is 6.64. The lowest BCUT2D eigenvalue weighted by molar-refractivity contribution is 0.111. The maximum atomic E-state index is 2.80. The molecule has 0 amide bonds. The van der Waals surface area contributed by atoms with Gasteiger partial charge in [0.1, 0.15) is 6.17 Å². The number of nitrogens with zero attached hydrogens (tertiary/aromatic N) is 2. The Balaban J connectivity index is 1.92. The Morgan fingerprint density at radius 1 is 0.793 bits per heavy atom. The lowest BCUT2D eigenvalue weighted by Gasteiger charge is -2.47. The van der Waals surface area contributed by atoms with E-state index in [9.17, 15) is 0 Å². The molecule has 154 valence electrons. The lowest BCUT2D eigenvalue weighted by atomic mass is 9.86. The summed E-state index contributed by atoms with van der Waals surface area (Å²) in [5, 5.41) is 0. The highest BCUT2D eigenvalue weighted by molar-refractivity contribution is 5.77. The fourth-order valence-corrected chi connectivity index (χ4v) is 5.38. The molecular weight excluding hydrogens is 352 g/mol. The zero-order valence-electron chi connectivity index (χ0n) is 18.8. The molecule has 2 aromatic rings. The van der Waals surface area contributed by atoms with Gasteiger partial charge < -0.3 is 9.80 Å². The molecule has 2 heteroatoms. The molecule has 1 heterocycles. The summed E-state index contributed by atoms with van der Waals surface area (Å²) >= 11 is 0. The molecule has 1 aliphatic heterocycles. The molecule has 0 spiro atoms. The molecule has 2 aromatic carbocycles. The first-order valence-electron chi connectivity index (χ1n) is 11.3. The number of hydrogen-bond donors (Lipinski definition) is 0. The zero-order valence-corrected chi connectivity index (χ0v) is 18.8. The molecule has 2 aliphatic rings. The van der Waals surface area contributed by atoms with Gasteiger partial charge in [-0.15, -0.1) is 0 Å². The predicted octanol–water partition coefficient (Wildman–Crippen LogP) is 7.21. The number of aryl methyl sites for hydroxylation is 1. The summed E-state index contributed by atoms with van der Waals surface area (Å²) in [4.78, 5) is 5.43. The minimum atomic E-state index is 0.123. The van der Waals surface area contributed by atoms with Gasteiger partial charge in [0.2, 0.25) is 0 Å². The van der Waals surface area contributed by atoms with Crippen LogP contribution in [0.2, 0.25) is 0 Å². The minimum Gasteiger partial charge on any atom is -0.345 e. The molecule has 0 aromatic heterocycles. The van der Waals surface area contributed by atoms with Crippen LogP contribution in [-0.2, 0) is 0 Å². The predicted molar refractivity (Wildman–Crippen MR) is 125 cm³/mol. The van der Waals surface area contributed by atoms with Gasteiger partial charge in [0.15, 0.2) is 0 Å². The van der Waals surface area contributed by atoms with E-state index >= 15 is 0 Å². The molecule has 1 fully saturated rings. The summed E-state index contributed by atoms with van der Waals surface area (Å²) in [6.45, 7) is 11.8. The van der Waals surface area contributed by atoms with Crippen LogP contribution in [-0.4, -0.2) is 17.1 Å². The van der Waals surface area contributed by atoms with E-state index in [1.54, 1.807) is 0 Å². The monoisotopic (exact) mass is 388 g/mol. The molecule has 29 heavy (non-hydrogen) atoms. The van der Waals surface area contributed by atoms with Crippen LogP contribution in [0, 0.1) is 12.3 Å². The van der Waals surface area contributed by atoms with E-state index < -0.39 is 0 Å². The van der Waals surface area contributed by atoms with Crippen LogP contribution in [0.3, 0.4) is 0 Å². The summed E-state index contributed by atoms with van der Waals surface area (Å²) in [5.74, 6) is 0. The van der Waals surface area contributed by atoms with E-state index in [-0.39, 0.29) is 5.41 Å². The third-order valence-electron chi connectivity index (χ3n) is 6.64. The Hall–Kier alpha value is -2.22. The van der Waals surface area contributed by atoms with Crippen LogP contribution >= 0.6 is 0 Å². The van der Waals surface area contributed by atoms with Gasteiger partial charge in [-0.25, -0.2) is 0 Å². The number of rotatable bonds is 3. The van der Waals surface area contributed by atoms with Crippen molar-refractivity contribution in [2.45, 2.75) is 78.9 Å². The molecule has 1 aliphatic carbocycles. The van der Waals surface area contributed by atoms with Crippen LogP contribution in [0.4, 0.5) is 5.69 Å². The largest absolute Gasteiger partial charge is 0.345 e. The van der Waals surface area contributed by atoms with Crippen LogP contribution in [0.5, 0.6) is 0 Å². The van der Waals surface area contributed by atoms with Gasteiger partial charge in [0.05, 0.1) is 5.70 Å². The van der Waals surface area contributed by atoms with Crippen molar-refractivity contribution in [3.05, 3.63) is 71.4 Å². The van der Waals surface area contributed by atoms with E-state index in [2.05, 4.69) is 99.0 Å². The molecule has 1 unspecified atom stereocenters. The van der Waals surface area contributed by atoms with Crippen molar-refractivity contribution >= 4 is 11.4 Å². The van der Waals surface area contributed by atoms with Gasteiger partial charge in [-0.3, -0.25) is 0 Å². The molecule has 1 saturated carbocycles. The topological polar surface area (TPSA) is 6.48 Å². The van der Waals surface area contributed by atoms with E-state index in [1.807, 2.05) is 0 Å². The molecule has 1 atom stereocenters. The van der Waals surface area contributed by atoms with Crippen molar-refractivity contribution in [1.29, 1.82) is 0 Å². The molecule has 0 saturated heterocycles. The Bertz CT molecular complexity index is 869. The average molecular weight is 389 g/mol. The van der Waals surface area contributed by atoms with Gasteiger partial charge in [0.25, 0.3) is 0 Å². The van der Waals surface area contributed by atoms with Crippen molar-refractivity contribution in [3.8, 4) is 0 Å². The fraction of sp³-hybridized carbons (Fsp3) is 0.481. The summed E-state index contributed by atoms with van der Waals surface area (Å²) in [6.07, 6.45) is 7.01. The van der Waals surface area contributed by atoms with Gasteiger partial charge >= 0.3 is 0 Å². The standard InChI is InChI=1S/C27H36N2/c1-20-14-12-13-19-24(20)28-21(2)25(22-15-8-6-9-16-22)29(26(28)27(3,4)5)23-17-10-7-11-18-23/h6,8-9,12-16,19,23,26H,7,10-11,17-18H2,1-5H3. The van der Waals surface area contributed by atoms with E-state index in [0.717, 1.165) is 0 Å². The van der Waals surface area contributed by atoms with Crippen molar-refractivity contribution in [2.75, 3.05) is 4.90 Å². The molecule has 0 bridgehead atoms. The minimum absolute atomic E-state index is 0.123. The van der Waals surface area contributed by atoms with Crippen molar-refractivity contribution in [2.24, 2.45) is 5.41 Å². The SMILES string of the molecule is CC1=C(c2ccccc2)N(C2CCCCC2)C(C(C)(C)C)N1c1ccccc1C. The summed E-state index contributed by atoms with van der Waals surface area (Å²) in [7, 11) is 0. The van der Waals surface area contributed by atoms with E-state index in [1.165, 1.54) is 60.3 Å². The second kappa shape index (κ2) is 7.89. The highest BCUT2D eigenvalue weighted by atomic mass is 15.4. The highest BCUT2D eigenvalue weighted by Crippen LogP contribution is 2.48. The third kappa shape index (κ3) is 3.70. The van der Waals surface area contributed by atoms with E-state index in [0.29, 0.717) is 12.2 Å². The Morgan fingerprint density at radius 3 is 2.03 bits per heavy atom. The molecule has 2 nitrogen and oxygen atoms in total. The maximum Gasteiger partial charge on any atom is 0.111 e. The van der Waals surface area contributed by atoms with Gasteiger partial charge in [0, 0.05) is 22.8 Å². The van der Waals surface area contributed by atoms with Gasteiger partial charge in [-0.2, -0.15) is 0 Å². The van der Waals surface area contributed by atoms with Crippen molar-refractivity contribution in [3.63, 3.8) is 0 Å².